The topological polar surface area (TPSA) is 23.6 Å². The number of carbonyl (C=O) groups excluding carboxylic acids is 1. The summed E-state index contributed by atoms with van der Waals surface area (Å²) in [5, 5.41) is 0.677. The van der Waals surface area contributed by atoms with Gasteiger partial charge < -0.3 is 4.90 Å². The third kappa shape index (κ3) is 4.93. The van der Waals surface area contributed by atoms with E-state index in [0.29, 0.717) is 18.1 Å². The molecule has 1 aliphatic heterocycles. The van der Waals surface area contributed by atoms with Gasteiger partial charge in [-0.15, -0.1) is 0 Å². The van der Waals surface area contributed by atoms with Gasteiger partial charge in [0.2, 0.25) is 5.91 Å². The second-order valence-electron chi connectivity index (χ2n) is 6.63. The molecular formula is C21H22ClFN2O. The average molecular weight is 373 g/mol. The number of hydrogen-bond donors (Lipinski definition) is 0. The van der Waals surface area contributed by atoms with Gasteiger partial charge in [-0.05, 0) is 48.4 Å². The summed E-state index contributed by atoms with van der Waals surface area (Å²) in [5.74, 6) is -0.199. The van der Waals surface area contributed by atoms with Crippen molar-refractivity contribution in [3.8, 4) is 0 Å². The first-order chi connectivity index (χ1) is 12.5. The van der Waals surface area contributed by atoms with Crippen LogP contribution in [0.15, 0.2) is 54.6 Å². The lowest BCUT2D eigenvalue weighted by Crippen LogP contribution is -2.53. The molecule has 1 saturated heterocycles. The van der Waals surface area contributed by atoms with Crippen LogP contribution >= 0.6 is 11.6 Å². The summed E-state index contributed by atoms with van der Waals surface area (Å²) in [6.07, 6.45) is 3.42. The molecular weight excluding hydrogens is 351 g/mol. The van der Waals surface area contributed by atoms with Crippen LogP contribution in [0, 0.1) is 5.82 Å². The van der Waals surface area contributed by atoms with Crippen LogP contribution in [0.25, 0.3) is 6.08 Å². The van der Waals surface area contributed by atoms with Crippen molar-refractivity contribution in [3.63, 3.8) is 0 Å². The molecule has 0 radical (unpaired) electrons. The van der Waals surface area contributed by atoms with Crippen molar-refractivity contribution in [2.24, 2.45) is 0 Å². The van der Waals surface area contributed by atoms with E-state index in [1.165, 1.54) is 6.07 Å². The third-order valence-corrected chi connectivity index (χ3v) is 4.83. The van der Waals surface area contributed by atoms with Crippen molar-refractivity contribution in [2.45, 2.75) is 19.5 Å². The number of amides is 1. The van der Waals surface area contributed by atoms with Crippen LogP contribution in [0.4, 0.5) is 4.39 Å². The van der Waals surface area contributed by atoms with Crippen LogP contribution in [0.3, 0.4) is 0 Å². The minimum Gasteiger partial charge on any atom is -0.334 e. The van der Waals surface area contributed by atoms with Gasteiger partial charge in [-0.2, -0.15) is 0 Å². The van der Waals surface area contributed by atoms with Gasteiger partial charge in [0.1, 0.15) is 5.82 Å². The molecule has 0 aromatic heterocycles. The zero-order valence-corrected chi connectivity index (χ0v) is 15.5. The van der Waals surface area contributed by atoms with Gasteiger partial charge in [0.25, 0.3) is 0 Å². The molecule has 2 aromatic rings. The van der Waals surface area contributed by atoms with E-state index >= 15 is 0 Å². The van der Waals surface area contributed by atoms with Gasteiger partial charge >= 0.3 is 0 Å². The summed E-state index contributed by atoms with van der Waals surface area (Å²) >= 11 is 5.87. The molecule has 1 amide bonds. The molecule has 3 nitrogen and oxygen atoms in total. The summed E-state index contributed by atoms with van der Waals surface area (Å²) in [4.78, 5) is 16.6. The highest BCUT2D eigenvalue weighted by Crippen LogP contribution is 2.15. The fourth-order valence-electron chi connectivity index (χ4n) is 3.23. The van der Waals surface area contributed by atoms with E-state index in [9.17, 15) is 9.18 Å². The van der Waals surface area contributed by atoms with Gasteiger partial charge in [0, 0.05) is 43.3 Å². The van der Waals surface area contributed by atoms with Crippen LogP contribution < -0.4 is 0 Å². The standard InChI is InChI=1S/C21H22ClFN2O/c1-16-14-24(15-18-3-2-4-20(23)13-18)11-12-25(16)21(26)10-7-17-5-8-19(22)9-6-17/h2-10,13,16H,11-12,14-15H2,1H3/b10-7+. The molecule has 3 rings (SSSR count). The van der Waals surface area contributed by atoms with Crippen molar-refractivity contribution in [1.29, 1.82) is 0 Å². The Kier molecular flexibility index (Phi) is 6.07. The summed E-state index contributed by atoms with van der Waals surface area (Å²) in [7, 11) is 0. The molecule has 5 heteroatoms. The molecule has 1 aliphatic rings. The molecule has 2 aromatic carbocycles. The van der Waals surface area contributed by atoms with Gasteiger partial charge in [0.05, 0.1) is 0 Å². The van der Waals surface area contributed by atoms with Gasteiger partial charge in [-0.3, -0.25) is 9.69 Å². The Hall–Kier alpha value is -2.17. The molecule has 1 atom stereocenters. The minimum atomic E-state index is -0.211. The van der Waals surface area contributed by atoms with Crippen molar-refractivity contribution in [2.75, 3.05) is 19.6 Å². The van der Waals surface area contributed by atoms with E-state index in [2.05, 4.69) is 4.90 Å². The van der Waals surface area contributed by atoms with Crippen LogP contribution in [-0.2, 0) is 11.3 Å². The molecule has 1 fully saturated rings. The second-order valence-corrected chi connectivity index (χ2v) is 7.07. The lowest BCUT2D eigenvalue weighted by Gasteiger charge is -2.39. The van der Waals surface area contributed by atoms with E-state index in [4.69, 9.17) is 11.6 Å². The number of piperazine rings is 1. The van der Waals surface area contributed by atoms with Crippen LogP contribution in [0.5, 0.6) is 0 Å². The fourth-order valence-corrected chi connectivity index (χ4v) is 3.36. The largest absolute Gasteiger partial charge is 0.334 e. The predicted molar refractivity (Wildman–Crippen MR) is 103 cm³/mol. The summed E-state index contributed by atoms with van der Waals surface area (Å²) in [6.45, 7) is 4.97. The number of hydrogen-bond acceptors (Lipinski definition) is 2. The van der Waals surface area contributed by atoms with E-state index in [0.717, 1.165) is 24.2 Å². The quantitative estimate of drug-likeness (QED) is 0.750. The first-order valence-electron chi connectivity index (χ1n) is 8.72. The van der Waals surface area contributed by atoms with Crippen molar-refractivity contribution >= 4 is 23.6 Å². The molecule has 0 bridgehead atoms. The van der Waals surface area contributed by atoms with Crippen molar-refractivity contribution in [1.82, 2.24) is 9.80 Å². The SMILES string of the molecule is CC1CN(Cc2cccc(F)c2)CCN1C(=O)/C=C/c1ccc(Cl)cc1. The Morgan fingerprint density at radius 3 is 2.69 bits per heavy atom. The Morgan fingerprint density at radius 2 is 2.00 bits per heavy atom. The Bertz CT molecular complexity index is 791. The summed E-state index contributed by atoms with van der Waals surface area (Å²) in [6, 6.07) is 14.2. The number of halogens is 2. The molecule has 0 N–H and O–H groups in total. The highest BCUT2D eigenvalue weighted by atomic mass is 35.5. The zero-order chi connectivity index (χ0) is 18.5. The Labute approximate surface area is 158 Å². The maximum Gasteiger partial charge on any atom is 0.246 e. The van der Waals surface area contributed by atoms with Crippen LogP contribution in [-0.4, -0.2) is 41.4 Å². The molecule has 0 aliphatic carbocycles. The van der Waals surface area contributed by atoms with Crippen molar-refractivity contribution in [3.05, 3.63) is 76.6 Å². The lowest BCUT2D eigenvalue weighted by molar-refractivity contribution is -0.130. The molecule has 136 valence electrons. The molecule has 1 unspecified atom stereocenters. The smallest absolute Gasteiger partial charge is 0.246 e. The first kappa shape index (κ1) is 18.6. The minimum absolute atomic E-state index is 0.0119. The highest BCUT2D eigenvalue weighted by molar-refractivity contribution is 6.30. The van der Waals surface area contributed by atoms with Gasteiger partial charge in [0.15, 0.2) is 0 Å². The van der Waals surface area contributed by atoms with E-state index < -0.39 is 0 Å². The average Bonchev–Trinajstić information content (AvgIpc) is 2.61. The fraction of sp³-hybridized carbons (Fsp3) is 0.286. The summed E-state index contributed by atoms with van der Waals surface area (Å²) < 4.78 is 13.3. The highest BCUT2D eigenvalue weighted by Gasteiger charge is 2.26. The van der Waals surface area contributed by atoms with Gasteiger partial charge in [-0.25, -0.2) is 4.39 Å². The summed E-state index contributed by atoms with van der Waals surface area (Å²) in [5.41, 5.74) is 1.90. The number of benzene rings is 2. The van der Waals surface area contributed by atoms with Crippen molar-refractivity contribution < 1.29 is 9.18 Å². The van der Waals surface area contributed by atoms with E-state index in [1.54, 1.807) is 30.3 Å². The third-order valence-electron chi connectivity index (χ3n) is 4.58. The Balaban J connectivity index is 1.56. The van der Waals surface area contributed by atoms with E-state index in [1.807, 2.05) is 36.1 Å². The normalized spacial score (nSPS) is 18.4. The molecule has 0 spiro atoms. The lowest BCUT2D eigenvalue weighted by atomic mass is 10.1. The molecule has 1 heterocycles. The monoisotopic (exact) mass is 372 g/mol. The maximum absolute atomic E-state index is 13.3. The molecule has 26 heavy (non-hydrogen) atoms. The predicted octanol–water partition coefficient (Wildman–Crippen LogP) is 4.23. The number of carbonyl (C=O) groups is 1. The van der Waals surface area contributed by atoms with E-state index in [-0.39, 0.29) is 17.8 Å². The Morgan fingerprint density at radius 1 is 1.23 bits per heavy atom. The second kappa shape index (κ2) is 8.47. The number of rotatable bonds is 4. The van der Waals surface area contributed by atoms with Gasteiger partial charge in [-0.1, -0.05) is 35.9 Å². The zero-order valence-electron chi connectivity index (χ0n) is 14.7. The number of nitrogens with zero attached hydrogens (tertiary/aromatic N) is 2. The first-order valence-corrected chi connectivity index (χ1v) is 9.10. The van der Waals surface area contributed by atoms with Crippen LogP contribution in [0.1, 0.15) is 18.1 Å². The molecule has 0 saturated carbocycles. The van der Waals surface area contributed by atoms with Crippen LogP contribution in [0.2, 0.25) is 5.02 Å². The maximum atomic E-state index is 13.3.